The van der Waals surface area contributed by atoms with E-state index in [-0.39, 0.29) is 5.82 Å². The largest absolute Gasteiger partial charge is 0.324 e. The molecule has 0 fully saturated rings. The number of benzene rings is 1. The molecule has 0 radical (unpaired) electrons. The maximum absolute atomic E-state index is 13.6. The van der Waals surface area contributed by atoms with Crippen LogP contribution in [-0.4, -0.2) is 0 Å². The van der Waals surface area contributed by atoms with E-state index >= 15 is 0 Å². The summed E-state index contributed by atoms with van der Waals surface area (Å²) in [7, 11) is 0. The minimum absolute atomic E-state index is 0.329. The maximum Gasteiger partial charge on any atom is 0.128 e. The number of halogens is 3. The second-order valence-corrected chi connectivity index (χ2v) is 5.92. The fourth-order valence-corrected chi connectivity index (χ4v) is 2.91. The fourth-order valence-electron chi connectivity index (χ4n) is 1.59. The molecule has 1 nitrogen and oxygen atoms in total. The van der Waals surface area contributed by atoms with Crippen molar-refractivity contribution in [2.75, 3.05) is 0 Å². The predicted octanol–water partition coefficient (Wildman–Crippen LogP) is 4.44. The summed E-state index contributed by atoms with van der Waals surface area (Å²) in [6.45, 7) is 0. The van der Waals surface area contributed by atoms with Crippen LogP contribution in [0.25, 0.3) is 0 Å². The summed E-state index contributed by atoms with van der Waals surface area (Å²) in [5.41, 5.74) is 6.40. The first-order valence-corrected chi connectivity index (χ1v) is 6.58. The van der Waals surface area contributed by atoms with Crippen molar-refractivity contribution < 1.29 is 4.39 Å². The summed E-state index contributed by atoms with van der Waals surface area (Å²) in [6.07, 6.45) is 0.550. The Balaban J connectivity index is 2.19. The Morgan fingerprint density at radius 1 is 1.24 bits per heavy atom. The van der Waals surface area contributed by atoms with Gasteiger partial charge in [0.25, 0.3) is 0 Å². The first-order valence-electron chi connectivity index (χ1n) is 5.01. The number of nitrogens with two attached hydrogens (primary N) is 1. The molecule has 90 valence electrons. The van der Waals surface area contributed by atoms with E-state index < -0.39 is 6.04 Å². The number of hydrogen-bond acceptors (Lipinski definition) is 2. The molecule has 2 aromatic rings. The Kier molecular flexibility index (Phi) is 4.05. The molecule has 1 heterocycles. The van der Waals surface area contributed by atoms with E-state index in [1.807, 2.05) is 12.1 Å². The van der Waals surface area contributed by atoms with Crippen molar-refractivity contribution in [3.8, 4) is 0 Å². The molecule has 0 aliphatic carbocycles. The molecule has 2 N–H and O–H groups in total. The van der Waals surface area contributed by atoms with Gasteiger partial charge in [-0.25, -0.2) is 4.39 Å². The van der Waals surface area contributed by atoms with Crippen LogP contribution in [0.4, 0.5) is 4.39 Å². The second kappa shape index (κ2) is 5.36. The highest BCUT2D eigenvalue weighted by Gasteiger charge is 2.13. The van der Waals surface area contributed by atoms with Gasteiger partial charge in [0.1, 0.15) is 5.82 Å². The van der Waals surface area contributed by atoms with Crippen molar-refractivity contribution in [3.63, 3.8) is 0 Å². The molecule has 0 aliphatic rings. The standard InChI is InChI=1S/C12H10Cl2FNS/c13-7-1-3-10(15)9(5-7)11(16)6-8-2-4-12(14)17-8/h1-5,11H,6,16H2. The summed E-state index contributed by atoms with van der Waals surface area (Å²) in [5, 5.41) is 0.487. The van der Waals surface area contributed by atoms with Gasteiger partial charge in [-0.1, -0.05) is 23.2 Å². The van der Waals surface area contributed by atoms with Crippen molar-refractivity contribution in [2.24, 2.45) is 5.73 Å². The lowest BCUT2D eigenvalue weighted by molar-refractivity contribution is 0.581. The fraction of sp³-hybridized carbons (Fsp3) is 0.167. The highest BCUT2D eigenvalue weighted by Crippen LogP contribution is 2.27. The molecular formula is C12H10Cl2FNS. The number of rotatable bonds is 3. The molecule has 1 atom stereocenters. The van der Waals surface area contributed by atoms with Gasteiger partial charge in [0.2, 0.25) is 0 Å². The molecule has 0 amide bonds. The maximum atomic E-state index is 13.6. The first kappa shape index (κ1) is 12.8. The Hall–Kier alpha value is -0.610. The summed E-state index contributed by atoms with van der Waals surface area (Å²) in [4.78, 5) is 1.03. The van der Waals surface area contributed by atoms with Gasteiger partial charge in [-0.2, -0.15) is 0 Å². The average molecular weight is 290 g/mol. The quantitative estimate of drug-likeness (QED) is 0.888. The van der Waals surface area contributed by atoms with Gasteiger partial charge < -0.3 is 5.73 Å². The molecule has 0 saturated carbocycles. The molecule has 0 bridgehead atoms. The van der Waals surface area contributed by atoms with E-state index in [2.05, 4.69) is 0 Å². The molecular weight excluding hydrogens is 280 g/mol. The predicted molar refractivity (Wildman–Crippen MR) is 71.4 cm³/mol. The van der Waals surface area contributed by atoms with Gasteiger partial charge in [-0.15, -0.1) is 11.3 Å². The molecule has 17 heavy (non-hydrogen) atoms. The van der Waals surface area contributed by atoms with Gasteiger partial charge in [-0.05, 0) is 30.3 Å². The van der Waals surface area contributed by atoms with Crippen LogP contribution < -0.4 is 5.73 Å². The van der Waals surface area contributed by atoms with Crippen molar-refractivity contribution in [1.82, 2.24) is 0 Å². The minimum Gasteiger partial charge on any atom is -0.324 e. The highest BCUT2D eigenvalue weighted by atomic mass is 35.5. The molecule has 5 heteroatoms. The van der Waals surface area contributed by atoms with Crippen LogP contribution in [0.1, 0.15) is 16.5 Å². The Labute approximate surface area is 113 Å². The average Bonchev–Trinajstić information content (AvgIpc) is 2.67. The van der Waals surface area contributed by atoms with E-state index in [4.69, 9.17) is 28.9 Å². The second-order valence-electron chi connectivity index (χ2n) is 3.68. The monoisotopic (exact) mass is 289 g/mol. The van der Waals surface area contributed by atoms with E-state index in [9.17, 15) is 4.39 Å². The van der Waals surface area contributed by atoms with Crippen molar-refractivity contribution in [1.29, 1.82) is 0 Å². The van der Waals surface area contributed by atoms with Gasteiger partial charge in [0, 0.05) is 27.9 Å². The summed E-state index contributed by atoms with van der Waals surface area (Å²) in [5.74, 6) is -0.329. The van der Waals surface area contributed by atoms with E-state index in [0.29, 0.717) is 21.3 Å². The normalized spacial score (nSPS) is 12.7. The van der Waals surface area contributed by atoms with Crippen molar-refractivity contribution in [2.45, 2.75) is 12.5 Å². The number of thiophene rings is 1. The SMILES string of the molecule is NC(Cc1ccc(Cl)s1)c1cc(Cl)ccc1F. The Morgan fingerprint density at radius 3 is 2.65 bits per heavy atom. The Morgan fingerprint density at radius 2 is 2.00 bits per heavy atom. The van der Waals surface area contributed by atoms with Crippen LogP contribution >= 0.6 is 34.5 Å². The van der Waals surface area contributed by atoms with Gasteiger partial charge >= 0.3 is 0 Å². The Bertz CT molecular complexity index is 527. The lowest BCUT2D eigenvalue weighted by Crippen LogP contribution is -2.14. The van der Waals surface area contributed by atoms with Crippen LogP contribution in [0, 0.1) is 5.82 Å². The highest BCUT2D eigenvalue weighted by molar-refractivity contribution is 7.16. The van der Waals surface area contributed by atoms with Crippen LogP contribution in [0.15, 0.2) is 30.3 Å². The third-order valence-corrected chi connectivity index (χ3v) is 3.90. The van der Waals surface area contributed by atoms with Crippen LogP contribution in [0.5, 0.6) is 0 Å². The van der Waals surface area contributed by atoms with E-state index in [1.165, 1.54) is 23.5 Å². The zero-order chi connectivity index (χ0) is 12.4. The molecule has 1 unspecified atom stereocenters. The van der Waals surface area contributed by atoms with Crippen LogP contribution in [-0.2, 0) is 6.42 Å². The summed E-state index contributed by atoms with van der Waals surface area (Å²) in [6, 6.07) is 7.70. The number of hydrogen-bond donors (Lipinski definition) is 1. The summed E-state index contributed by atoms with van der Waals surface area (Å²) < 4.78 is 14.3. The molecule has 1 aromatic carbocycles. The molecule has 1 aromatic heterocycles. The first-order chi connectivity index (χ1) is 8.06. The van der Waals surface area contributed by atoms with Gasteiger partial charge in [0.15, 0.2) is 0 Å². The molecule has 0 saturated heterocycles. The van der Waals surface area contributed by atoms with Crippen molar-refractivity contribution >= 4 is 34.5 Å². The third kappa shape index (κ3) is 3.19. The smallest absolute Gasteiger partial charge is 0.128 e. The minimum atomic E-state index is -0.414. The van der Waals surface area contributed by atoms with Gasteiger partial charge in [0.05, 0.1) is 4.34 Å². The topological polar surface area (TPSA) is 26.0 Å². The van der Waals surface area contributed by atoms with E-state index in [1.54, 1.807) is 6.07 Å². The zero-order valence-electron chi connectivity index (χ0n) is 8.79. The lowest BCUT2D eigenvalue weighted by atomic mass is 10.0. The third-order valence-electron chi connectivity index (χ3n) is 2.41. The van der Waals surface area contributed by atoms with E-state index in [0.717, 1.165) is 4.88 Å². The zero-order valence-corrected chi connectivity index (χ0v) is 11.1. The van der Waals surface area contributed by atoms with Crippen LogP contribution in [0.2, 0.25) is 9.36 Å². The molecule has 0 aliphatic heterocycles. The lowest BCUT2D eigenvalue weighted by Gasteiger charge is -2.12. The molecule has 0 spiro atoms. The van der Waals surface area contributed by atoms with Gasteiger partial charge in [-0.3, -0.25) is 0 Å². The van der Waals surface area contributed by atoms with Crippen LogP contribution in [0.3, 0.4) is 0 Å². The molecule has 2 rings (SSSR count). The van der Waals surface area contributed by atoms with Crippen molar-refractivity contribution in [3.05, 3.63) is 55.9 Å². The summed E-state index contributed by atoms with van der Waals surface area (Å²) >= 11 is 13.1.